The summed E-state index contributed by atoms with van der Waals surface area (Å²) in [6.45, 7) is 6.74. The minimum Gasteiger partial charge on any atom is -0.465 e. The monoisotopic (exact) mass is 338 g/mol. The highest BCUT2D eigenvalue weighted by molar-refractivity contribution is 5.79. The SMILES string of the molecule is CCOC(=O)[C@]1(C)[C@H](C)CCC[C@@]1(O)C#CCO[C@H]1CCCCO1. The molecule has 0 unspecified atom stereocenters. The fourth-order valence-electron chi connectivity index (χ4n) is 3.62. The van der Waals surface area contributed by atoms with E-state index >= 15 is 0 Å². The average Bonchev–Trinajstić information content (AvgIpc) is 2.58. The van der Waals surface area contributed by atoms with E-state index in [0.29, 0.717) is 13.0 Å². The largest absolute Gasteiger partial charge is 0.465 e. The summed E-state index contributed by atoms with van der Waals surface area (Å²) in [5.41, 5.74) is -2.40. The molecule has 5 heteroatoms. The zero-order chi connectivity index (χ0) is 17.6. The van der Waals surface area contributed by atoms with Crippen molar-refractivity contribution in [2.45, 2.75) is 71.2 Å². The number of hydrogen-bond acceptors (Lipinski definition) is 5. The van der Waals surface area contributed by atoms with Gasteiger partial charge in [-0.15, -0.1) is 0 Å². The smallest absolute Gasteiger partial charge is 0.316 e. The van der Waals surface area contributed by atoms with E-state index in [1.165, 1.54) is 0 Å². The zero-order valence-corrected chi connectivity index (χ0v) is 15.1. The van der Waals surface area contributed by atoms with E-state index in [0.717, 1.165) is 38.7 Å². The van der Waals surface area contributed by atoms with E-state index in [4.69, 9.17) is 14.2 Å². The van der Waals surface area contributed by atoms with Gasteiger partial charge in [0.15, 0.2) is 6.29 Å². The molecule has 2 fully saturated rings. The molecule has 1 aliphatic heterocycles. The third kappa shape index (κ3) is 3.93. The summed E-state index contributed by atoms with van der Waals surface area (Å²) in [6, 6.07) is 0. The number of rotatable bonds is 4. The average molecular weight is 338 g/mol. The molecular weight excluding hydrogens is 308 g/mol. The van der Waals surface area contributed by atoms with Crippen molar-refractivity contribution in [1.29, 1.82) is 0 Å². The Morgan fingerprint density at radius 2 is 2.12 bits per heavy atom. The van der Waals surface area contributed by atoms with E-state index in [2.05, 4.69) is 11.8 Å². The zero-order valence-electron chi connectivity index (χ0n) is 15.1. The van der Waals surface area contributed by atoms with Crippen LogP contribution >= 0.6 is 0 Å². The number of carbonyl (C=O) groups excluding carboxylic acids is 1. The summed E-state index contributed by atoms with van der Waals surface area (Å²) in [6.07, 6.45) is 5.04. The first kappa shape index (κ1) is 19.2. The Balaban J connectivity index is 2.06. The van der Waals surface area contributed by atoms with Gasteiger partial charge in [-0.3, -0.25) is 4.79 Å². The molecular formula is C19H30O5. The van der Waals surface area contributed by atoms with Crippen molar-refractivity contribution in [3.05, 3.63) is 0 Å². The Hall–Kier alpha value is -1.09. The normalized spacial score (nSPS) is 36.5. The first-order chi connectivity index (χ1) is 11.4. The van der Waals surface area contributed by atoms with Gasteiger partial charge in [0.05, 0.1) is 6.61 Å². The van der Waals surface area contributed by atoms with Gasteiger partial charge in [0.1, 0.15) is 17.6 Å². The molecule has 0 spiro atoms. The Morgan fingerprint density at radius 1 is 1.33 bits per heavy atom. The van der Waals surface area contributed by atoms with Crippen molar-refractivity contribution in [2.75, 3.05) is 19.8 Å². The molecule has 0 aromatic carbocycles. The van der Waals surface area contributed by atoms with Crippen molar-refractivity contribution in [3.8, 4) is 11.8 Å². The molecule has 1 saturated heterocycles. The number of ether oxygens (including phenoxy) is 3. The van der Waals surface area contributed by atoms with Gasteiger partial charge in [-0.25, -0.2) is 0 Å². The standard InChI is InChI=1S/C19H30O5/c1-4-22-17(20)18(3)15(2)9-7-11-19(18,21)12-8-14-24-16-10-5-6-13-23-16/h15-16,21H,4-7,9-11,13-14H2,1-3H3/t15-,16+,18+,19-/m1/s1. The molecule has 0 aromatic rings. The number of aliphatic hydroxyl groups is 1. The lowest BCUT2D eigenvalue weighted by Gasteiger charge is -2.47. The molecule has 0 amide bonds. The summed E-state index contributed by atoms with van der Waals surface area (Å²) >= 11 is 0. The molecule has 2 aliphatic rings. The molecule has 1 aliphatic carbocycles. The molecule has 0 bridgehead atoms. The molecule has 136 valence electrons. The lowest BCUT2D eigenvalue weighted by atomic mass is 9.59. The Kier molecular flexibility index (Phi) is 6.68. The van der Waals surface area contributed by atoms with Crippen molar-refractivity contribution < 1.29 is 24.1 Å². The van der Waals surface area contributed by atoms with E-state index in [1.54, 1.807) is 13.8 Å². The number of esters is 1. The van der Waals surface area contributed by atoms with Gasteiger partial charge >= 0.3 is 5.97 Å². The fourth-order valence-corrected chi connectivity index (χ4v) is 3.62. The van der Waals surface area contributed by atoms with E-state index in [-0.39, 0.29) is 24.8 Å². The Labute approximate surface area is 145 Å². The van der Waals surface area contributed by atoms with Crippen LogP contribution in [0.3, 0.4) is 0 Å². The Bertz CT molecular complexity index is 488. The molecule has 5 nitrogen and oxygen atoms in total. The maximum atomic E-state index is 12.5. The molecule has 24 heavy (non-hydrogen) atoms. The van der Waals surface area contributed by atoms with Gasteiger partial charge < -0.3 is 19.3 Å². The van der Waals surface area contributed by atoms with Crippen LogP contribution in [0.1, 0.15) is 59.3 Å². The minimum atomic E-state index is -1.38. The van der Waals surface area contributed by atoms with Crippen LogP contribution in [-0.4, -0.2) is 42.8 Å². The van der Waals surface area contributed by atoms with E-state index < -0.39 is 11.0 Å². The van der Waals surface area contributed by atoms with Crippen molar-refractivity contribution >= 4 is 5.97 Å². The molecule has 2 rings (SSSR count). The fraction of sp³-hybridized carbons (Fsp3) is 0.842. The summed E-state index contributed by atoms with van der Waals surface area (Å²) in [5.74, 6) is 5.46. The predicted molar refractivity (Wildman–Crippen MR) is 90.0 cm³/mol. The van der Waals surface area contributed by atoms with Crippen molar-refractivity contribution in [3.63, 3.8) is 0 Å². The second-order valence-electron chi connectivity index (χ2n) is 6.99. The van der Waals surface area contributed by atoms with Crippen LogP contribution < -0.4 is 0 Å². The van der Waals surface area contributed by atoms with Crippen LogP contribution in [0, 0.1) is 23.2 Å². The molecule has 0 aromatic heterocycles. The quantitative estimate of drug-likeness (QED) is 0.631. The molecule has 0 radical (unpaired) electrons. The topological polar surface area (TPSA) is 65.0 Å². The van der Waals surface area contributed by atoms with Gasteiger partial charge in [0.25, 0.3) is 0 Å². The van der Waals surface area contributed by atoms with Gasteiger partial charge in [-0.1, -0.05) is 18.8 Å². The summed E-state index contributed by atoms with van der Waals surface area (Å²) < 4.78 is 16.3. The summed E-state index contributed by atoms with van der Waals surface area (Å²) in [5, 5.41) is 11.1. The molecule has 4 atom stereocenters. The van der Waals surface area contributed by atoms with Crippen LogP contribution in [0.15, 0.2) is 0 Å². The van der Waals surface area contributed by atoms with Gasteiger partial charge in [-0.2, -0.15) is 0 Å². The molecule has 1 saturated carbocycles. The third-order valence-corrected chi connectivity index (χ3v) is 5.49. The lowest BCUT2D eigenvalue weighted by molar-refractivity contribution is -0.179. The third-order valence-electron chi connectivity index (χ3n) is 5.49. The second kappa shape index (κ2) is 8.33. The van der Waals surface area contributed by atoms with Gasteiger partial charge in [0.2, 0.25) is 0 Å². The highest BCUT2D eigenvalue weighted by Crippen LogP contribution is 2.48. The lowest BCUT2D eigenvalue weighted by Crippen LogP contribution is -2.57. The maximum Gasteiger partial charge on any atom is 0.316 e. The highest BCUT2D eigenvalue weighted by Gasteiger charge is 2.57. The van der Waals surface area contributed by atoms with E-state index in [1.807, 2.05) is 6.92 Å². The predicted octanol–water partition coefficient (Wildman–Crippen LogP) is 2.65. The molecule has 1 heterocycles. The van der Waals surface area contributed by atoms with Crippen LogP contribution in [-0.2, 0) is 19.0 Å². The first-order valence-electron chi connectivity index (χ1n) is 9.07. The van der Waals surface area contributed by atoms with E-state index in [9.17, 15) is 9.90 Å². The van der Waals surface area contributed by atoms with Crippen LogP contribution in [0.2, 0.25) is 0 Å². The first-order valence-corrected chi connectivity index (χ1v) is 9.07. The summed E-state index contributed by atoms with van der Waals surface area (Å²) in [7, 11) is 0. The van der Waals surface area contributed by atoms with Crippen molar-refractivity contribution in [2.24, 2.45) is 11.3 Å². The minimum absolute atomic E-state index is 0.00666. The Morgan fingerprint density at radius 3 is 2.79 bits per heavy atom. The number of hydrogen-bond donors (Lipinski definition) is 1. The van der Waals surface area contributed by atoms with Gasteiger partial charge in [0, 0.05) is 6.61 Å². The second-order valence-corrected chi connectivity index (χ2v) is 6.99. The maximum absolute atomic E-state index is 12.5. The van der Waals surface area contributed by atoms with Crippen LogP contribution in [0.25, 0.3) is 0 Å². The van der Waals surface area contributed by atoms with Gasteiger partial charge in [-0.05, 0) is 58.3 Å². The number of carbonyl (C=O) groups is 1. The van der Waals surface area contributed by atoms with Crippen molar-refractivity contribution in [1.82, 2.24) is 0 Å². The molecule has 1 N–H and O–H groups in total. The highest BCUT2D eigenvalue weighted by atomic mass is 16.7. The summed E-state index contributed by atoms with van der Waals surface area (Å²) in [4.78, 5) is 12.5. The van der Waals surface area contributed by atoms with Crippen LogP contribution in [0.4, 0.5) is 0 Å². The van der Waals surface area contributed by atoms with Crippen LogP contribution in [0.5, 0.6) is 0 Å².